The second-order valence-electron chi connectivity index (χ2n) is 2.08. The Labute approximate surface area is 95.1 Å². The summed E-state index contributed by atoms with van der Waals surface area (Å²) in [7, 11) is 0. The molecule has 0 saturated carbocycles. The summed E-state index contributed by atoms with van der Waals surface area (Å²) in [5.41, 5.74) is 0. The van der Waals surface area contributed by atoms with Gasteiger partial charge in [0.1, 0.15) is 0 Å². The summed E-state index contributed by atoms with van der Waals surface area (Å²) in [4.78, 5) is 9.50. The molecule has 2 aromatic heterocycles. The Kier molecular flexibility index (Phi) is 4.04. The van der Waals surface area contributed by atoms with E-state index in [2.05, 4.69) is 31.9 Å². The van der Waals surface area contributed by atoms with Gasteiger partial charge in [0, 0.05) is 0 Å². The van der Waals surface area contributed by atoms with Crippen LogP contribution in [0.4, 0.5) is 0 Å². The molecule has 12 heavy (non-hydrogen) atoms. The van der Waals surface area contributed by atoms with Crippen LogP contribution in [0.3, 0.4) is 0 Å². The van der Waals surface area contributed by atoms with E-state index in [1.165, 1.54) is 0 Å². The standard InChI is InChI=1S/C8H6Se4/c1-3-9-5-7(1)11-12-8-2-4-10-6-8/h1-6H. The molecule has 2 rings (SSSR count). The normalized spacial score (nSPS) is 10.3. The molecule has 0 saturated heterocycles. The fourth-order valence-electron chi connectivity index (χ4n) is 0.695. The summed E-state index contributed by atoms with van der Waals surface area (Å²) in [6.07, 6.45) is 0. The van der Waals surface area contributed by atoms with Gasteiger partial charge in [0.15, 0.2) is 0 Å². The first kappa shape index (κ1) is 9.59. The predicted molar refractivity (Wildman–Crippen MR) is 57.5 cm³/mol. The van der Waals surface area contributed by atoms with Crippen LogP contribution in [0.15, 0.2) is 31.9 Å². The van der Waals surface area contributed by atoms with Crippen molar-refractivity contribution in [2.45, 2.75) is 0 Å². The van der Waals surface area contributed by atoms with Gasteiger partial charge in [0.05, 0.1) is 0 Å². The van der Waals surface area contributed by atoms with Crippen molar-refractivity contribution in [2.24, 2.45) is 0 Å². The van der Waals surface area contributed by atoms with Crippen molar-refractivity contribution in [2.75, 3.05) is 0 Å². The third kappa shape index (κ3) is 2.77. The van der Waals surface area contributed by atoms with Gasteiger partial charge in [-0.1, -0.05) is 0 Å². The SMILES string of the molecule is c1cc([Se][Se]c2cc[se]c2)c[se]1. The van der Waals surface area contributed by atoms with Gasteiger partial charge in [-0.05, 0) is 0 Å². The molecule has 0 spiro atoms. The van der Waals surface area contributed by atoms with Crippen molar-refractivity contribution in [1.82, 2.24) is 0 Å². The summed E-state index contributed by atoms with van der Waals surface area (Å²) in [6.45, 7) is 0. The van der Waals surface area contributed by atoms with Gasteiger partial charge in [-0.15, -0.1) is 0 Å². The predicted octanol–water partition coefficient (Wildman–Crippen LogP) is -0.925. The first-order valence-electron chi connectivity index (χ1n) is 3.34. The van der Waals surface area contributed by atoms with Gasteiger partial charge in [-0.2, -0.15) is 0 Å². The molecule has 0 nitrogen and oxygen atoms in total. The maximum absolute atomic E-state index is 2.43. The zero-order valence-electron chi connectivity index (χ0n) is 6.10. The molecule has 0 bridgehead atoms. The Morgan fingerprint density at radius 3 is 1.67 bits per heavy atom. The van der Waals surface area contributed by atoms with Gasteiger partial charge in [-0.3, -0.25) is 0 Å². The number of hydrogen-bond acceptors (Lipinski definition) is 0. The van der Waals surface area contributed by atoms with Crippen LogP contribution in [0, 0.1) is 0 Å². The van der Waals surface area contributed by atoms with Crippen LogP contribution in [0.25, 0.3) is 0 Å². The summed E-state index contributed by atoms with van der Waals surface area (Å²) < 4.78 is 3.27. The van der Waals surface area contributed by atoms with E-state index >= 15 is 0 Å². The van der Waals surface area contributed by atoms with Gasteiger partial charge >= 0.3 is 96.1 Å². The molecule has 0 aliphatic carbocycles. The molecule has 62 valence electrons. The molecule has 4 heteroatoms. The summed E-state index contributed by atoms with van der Waals surface area (Å²) >= 11 is 2.91. The monoisotopic (exact) mass is 422 g/mol. The van der Waals surface area contributed by atoms with E-state index in [0.717, 1.165) is 26.3 Å². The Morgan fingerprint density at radius 2 is 1.33 bits per heavy atom. The Morgan fingerprint density at radius 1 is 0.833 bits per heavy atom. The minimum atomic E-state index is 0.691. The van der Waals surface area contributed by atoms with Crippen molar-refractivity contribution in [3.63, 3.8) is 0 Å². The van der Waals surface area contributed by atoms with Crippen molar-refractivity contribution < 1.29 is 0 Å². The van der Waals surface area contributed by atoms with Crippen molar-refractivity contribution in [3.8, 4) is 0 Å². The van der Waals surface area contributed by atoms with E-state index in [4.69, 9.17) is 0 Å². The zero-order chi connectivity index (χ0) is 8.23. The minimum absolute atomic E-state index is 0.691. The van der Waals surface area contributed by atoms with Gasteiger partial charge in [-0.25, -0.2) is 0 Å². The molecular formula is C8H6Se4. The average molecular weight is 418 g/mol. The number of rotatable bonds is 3. The van der Waals surface area contributed by atoms with Gasteiger partial charge in [0.25, 0.3) is 0 Å². The molecule has 0 atom stereocenters. The van der Waals surface area contributed by atoms with Crippen LogP contribution in [0.5, 0.6) is 0 Å². The summed E-state index contributed by atoms with van der Waals surface area (Å²) in [5.74, 6) is 0. The molecule has 0 unspecified atom stereocenters. The average Bonchev–Trinajstić information content (AvgIpc) is 2.74. The van der Waals surface area contributed by atoms with E-state index < -0.39 is 0 Å². The molecule has 0 aliphatic rings. The van der Waals surface area contributed by atoms with E-state index in [1.807, 2.05) is 0 Å². The van der Waals surface area contributed by atoms with Crippen molar-refractivity contribution in [3.05, 3.63) is 31.9 Å². The van der Waals surface area contributed by atoms with Gasteiger partial charge < -0.3 is 0 Å². The quantitative estimate of drug-likeness (QED) is 0.566. The Hall–Kier alpha value is 1.04. The molecule has 2 aromatic rings. The summed E-state index contributed by atoms with van der Waals surface area (Å²) in [6, 6.07) is 4.65. The van der Waals surface area contributed by atoms with Crippen molar-refractivity contribution >= 4 is 64.2 Å². The molecule has 0 aliphatic heterocycles. The van der Waals surface area contributed by atoms with Crippen LogP contribution in [-0.2, 0) is 0 Å². The Bertz CT molecular complexity index is 274. The van der Waals surface area contributed by atoms with Crippen LogP contribution >= 0.6 is 0 Å². The molecule has 0 radical (unpaired) electrons. The van der Waals surface area contributed by atoms with Crippen LogP contribution in [0.1, 0.15) is 0 Å². The summed E-state index contributed by atoms with van der Waals surface area (Å²) in [5, 5.41) is 0. The molecule has 0 amide bonds. The number of hydrogen-bond donors (Lipinski definition) is 0. The maximum atomic E-state index is 2.43. The van der Waals surface area contributed by atoms with Crippen LogP contribution < -0.4 is 8.92 Å². The first-order chi connectivity index (χ1) is 5.95. The van der Waals surface area contributed by atoms with Crippen molar-refractivity contribution in [1.29, 1.82) is 0 Å². The van der Waals surface area contributed by atoms with E-state index in [1.54, 1.807) is 8.92 Å². The Balaban J connectivity index is 1.91. The second-order valence-corrected chi connectivity index (χ2v) is 11.7. The van der Waals surface area contributed by atoms with Crippen LogP contribution in [0.2, 0.25) is 0 Å². The third-order valence-electron chi connectivity index (χ3n) is 1.22. The van der Waals surface area contributed by atoms with E-state index in [0.29, 0.717) is 29.0 Å². The van der Waals surface area contributed by atoms with E-state index in [9.17, 15) is 0 Å². The topological polar surface area (TPSA) is 0 Å². The first-order valence-corrected chi connectivity index (χ1v) is 13.3. The fourth-order valence-corrected chi connectivity index (χ4v) is 14.7. The zero-order valence-corrected chi connectivity index (χ0v) is 12.9. The fraction of sp³-hybridized carbons (Fsp3) is 0. The van der Waals surface area contributed by atoms with Crippen LogP contribution in [-0.4, -0.2) is 55.3 Å². The molecular weight excluding hydrogens is 412 g/mol. The second kappa shape index (κ2) is 5.05. The third-order valence-corrected chi connectivity index (χ3v) is 12.8. The molecule has 0 fully saturated rings. The van der Waals surface area contributed by atoms with E-state index in [-0.39, 0.29) is 0 Å². The molecule has 2 heterocycles. The molecule has 0 N–H and O–H groups in total. The van der Waals surface area contributed by atoms with Gasteiger partial charge in [0.2, 0.25) is 0 Å². The molecule has 0 aromatic carbocycles.